The molecular weight excluding hydrogens is 440 g/mol. The minimum absolute atomic E-state index is 0.466. The van der Waals surface area contributed by atoms with Crippen LogP contribution in [0.1, 0.15) is 37.0 Å². The summed E-state index contributed by atoms with van der Waals surface area (Å²) in [4.78, 5) is 15.8. The third-order valence-electron chi connectivity index (χ3n) is 7.38. The van der Waals surface area contributed by atoms with Crippen LogP contribution in [0.3, 0.4) is 0 Å². The molecule has 3 heterocycles. The molecule has 0 amide bonds. The lowest BCUT2D eigenvalue weighted by molar-refractivity contribution is 0.302. The maximum Gasteiger partial charge on any atom is 0.225 e. The van der Waals surface area contributed by atoms with E-state index in [0.717, 1.165) is 54.1 Å². The first-order valence-corrected chi connectivity index (χ1v) is 13.7. The predicted molar refractivity (Wildman–Crippen MR) is 144 cm³/mol. The van der Waals surface area contributed by atoms with E-state index in [1.165, 1.54) is 50.1 Å². The highest BCUT2D eigenvalue weighted by Crippen LogP contribution is 2.28. The van der Waals surface area contributed by atoms with Crippen molar-refractivity contribution in [2.75, 3.05) is 50.5 Å². The molecule has 2 aromatic heterocycles. The van der Waals surface area contributed by atoms with Crippen LogP contribution in [0.15, 0.2) is 41.8 Å². The van der Waals surface area contributed by atoms with E-state index in [2.05, 4.69) is 56.1 Å². The Bertz CT molecular complexity index is 1040. The lowest BCUT2D eigenvalue weighted by Gasteiger charge is -2.30. The number of nitrogens with zero attached hydrogens (tertiary/aromatic N) is 4. The zero-order valence-electron chi connectivity index (χ0n) is 20.5. The van der Waals surface area contributed by atoms with Crippen LogP contribution in [-0.4, -0.2) is 61.2 Å². The number of aromatic nitrogens is 2. The van der Waals surface area contributed by atoms with Gasteiger partial charge in [-0.05, 0) is 87.2 Å². The van der Waals surface area contributed by atoms with E-state index in [0.29, 0.717) is 6.04 Å². The highest BCUT2D eigenvalue weighted by atomic mass is 32.1. The van der Waals surface area contributed by atoms with Gasteiger partial charge >= 0.3 is 0 Å². The number of thiophene rings is 1. The minimum Gasteiger partial charge on any atom is -0.362 e. The second-order valence-corrected chi connectivity index (χ2v) is 11.3. The van der Waals surface area contributed by atoms with Crippen molar-refractivity contribution in [2.45, 2.75) is 44.7 Å². The molecule has 6 nitrogen and oxygen atoms in total. The molecule has 5 rings (SSSR count). The molecule has 1 aliphatic heterocycles. The summed E-state index contributed by atoms with van der Waals surface area (Å²) in [6.07, 6.45) is 6.26. The van der Waals surface area contributed by atoms with Gasteiger partial charge in [-0.25, -0.2) is 4.98 Å². The third-order valence-corrected chi connectivity index (χ3v) is 8.24. The molecule has 0 radical (unpaired) electrons. The van der Waals surface area contributed by atoms with Crippen LogP contribution in [0.4, 0.5) is 11.8 Å². The minimum atomic E-state index is 0.466. The normalized spacial score (nSPS) is 23.4. The Hall–Kier alpha value is -2.22. The fourth-order valence-electron chi connectivity index (χ4n) is 5.50. The molecule has 0 spiro atoms. The number of benzene rings is 1. The number of hydrogen-bond donors (Lipinski definition) is 2. The smallest absolute Gasteiger partial charge is 0.225 e. The van der Waals surface area contributed by atoms with Crippen molar-refractivity contribution in [3.05, 3.63) is 46.7 Å². The summed E-state index contributed by atoms with van der Waals surface area (Å²) in [6, 6.07) is 13.2. The molecule has 1 aromatic carbocycles. The lowest BCUT2D eigenvalue weighted by atomic mass is 9.86. The second kappa shape index (κ2) is 11.0. The van der Waals surface area contributed by atoms with Crippen LogP contribution in [0.2, 0.25) is 0 Å². The number of hydrogen-bond acceptors (Lipinski definition) is 7. The van der Waals surface area contributed by atoms with E-state index >= 15 is 0 Å². The average molecular weight is 479 g/mol. The summed E-state index contributed by atoms with van der Waals surface area (Å²) in [6.45, 7) is 5.93. The summed E-state index contributed by atoms with van der Waals surface area (Å²) in [5.41, 5.74) is 1.00. The molecule has 34 heavy (non-hydrogen) atoms. The van der Waals surface area contributed by atoms with Gasteiger partial charge in [-0.3, -0.25) is 4.90 Å². The van der Waals surface area contributed by atoms with E-state index in [9.17, 15) is 0 Å². The Labute approximate surface area is 207 Å². The van der Waals surface area contributed by atoms with Gasteiger partial charge in [-0.2, -0.15) is 4.98 Å². The van der Waals surface area contributed by atoms with Crippen LogP contribution in [0.5, 0.6) is 0 Å². The molecule has 182 valence electrons. The Morgan fingerprint density at radius 2 is 1.79 bits per heavy atom. The molecule has 1 aliphatic carbocycles. The third kappa shape index (κ3) is 5.88. The molecule has 1 saturated carbocycles. The van der Waals surface area contributed by atoms with Crippen LogP contribution in [0.25, 0.3) is 10.9 Å². The van der Waals surface area contributed by atoms with E-state index in [1.807, 2.05) is 31.5 Å². The van der Waals surface area contributed by atoms with Gasteiger partial charge in [0.15, 0.2) is 0 Å². The number of nitrogens with one attached hydrogen (secondary N) is 2. The highest BCUT2D eigenvalue weighted by Gasteiger charge is 2.25. The van der Waals surface area contributed by atoms with Crippen molar-refractivity contribution in [3.63, 3.8) is 0 Å². The molecule has 3 aromatic rings. The SMILES string of the molecule is CN(C)c1nc(NC2CCC(CNCC3CCN(Cc4cccs4)C3)CC2)nc2ccccc12. The summed E-state index contributed by atoms with van der Waals surface area (Å²) in [5, 5.41) is 10.7. The zero-order valence-corrected chi connectivity index (χ0v) is 21.4. The highest BCUT2D eigenvalue weighted by molar-refractivity contribution is 7.09. The molecule has 0 bridgehead atoms. The number of rotatable bonds is 9. The molecule has 2 aliphatic rings. The molecule has 1 atom stereocenters. The Morgan fingerprint density at radius 1 is 0.971 bits per heavy atom. The van der Waals surface area contributed by atoms with Gasteiger partial charge in [0.05, 0.1) is 5.52 Å². The van der Waals surface area contributed by atoms with E-state index in [4.69, 9.17) is 9.97 Å². The topological polar surface area (TPSA) is 56.3 Å². The first-order valence-electron chi connectivity index (χ1n) is 12.8. The van der Waals surface area contributed by atoms with Crippen LogP contribution in [-0.2, 0) is 6.54 Å². The summed E-state index contributed by atoms with van der Waals surface area (Å²) in [7, 11) is 4.09. The Morgan fingerprint density at radius 3 is 2.59 bits per heavy atom. The summed E-state index contributed by atoms with van der Waals surface area (Å²) in [5.74, 6) is 3.33. The van der Waals surface area contributed by atoms with Crippen molar-refractivity contribution in [1.82, 2.24) is 20.2 Å². The molecule has 1 unspecified atom stereocenters. The van der Waals surface area contributed by atoms with Gasteiger partial charge in [0.25, 0.3) is 0 Å². The monoisotopic (exact) mass is 478 g/mol. The van der Waals surface area contributed by atoms with Crippen LogP contribution >= 0.6 is 11.3 Å². The predicted octanol–water partition coefficient (Wildman–Crippen LogP) is 4.84. The van der Waals surface area contributed by atoms with Gasteiger partial charge in [0.2, 0.25) is 5.95 Å². The largest absolute Gasteiger partial charge is 0.362 e. The zero-order chi connectivity index (χ0) is 23.3. The van der Waals surface area contributed by atoms with Gasteiger partial charge in [0, 0.05) is 43.5 Å². The van der Waals surface area contributed by atoms with E-state index in [1.54, 1.807) is 0 Å². The van der Waals surface area contributed by atoms with Crippen molar-refractivity contribution in [3.8, 4) is 0 Å². The molecule has 7 heteroatoms. The Kier molecular flexibility index (Phi) is 7.62. The standard InChI is InChI=1S/C27H38N6S/c1-32(2)26-24-7-3-4-8-25(24)30-27(31-26)29-22-11-9-20(10-12-22)16-28-17-21-13-14-33(18-21)19-23-6-5-15-34-23/h3-8,15,20-22,28H,9-14,16-19H2,1-2H3,(H,29,30,31). The van der Waals surface area contributed by atoms with Gasteiger partial charge in [0.1, 0.15) is 5.82 Å². The van der Waals surface area contributed by atoms with Crippen LogP contribution in [0, 0.1) is 11.8 Å². The van der Waals surface area contributed by atoms with Crippen LogP contribution < -0.4 is 15.5 Å². The van der Waals surface area contributed by atoms with Crippen molar-refractivity contribution < 1.29 is 0 Å². The maximum absolute atomic E-state index is 4.82. The number of para-hydroxylation sites is 1. The Balaban J connectivity index is 1.04. The summed E-state index contributed by atoms with van der Waals surface area (Å²) < 4.78 is 0. The van der Waals surface area contributed by atoms with Gasteiger partial charge in [-0.1, -0.05) is 18.2 Å². The van der Waals surface area contributed by atoms with Gasteiger partial charge in [-0.15, -0.1) is 11.3 Å². The van der Waals surface area contributed by atoms with Crippen molar-refractivity contribution >= 4 is 34.0 Å². The first kappa shape index (κ1) is 23.5. The van der Waals surface area contributed by atoms with Crippen molar-refractivity contribution in [2.24, 2.45) is 11.8 Å². The average Bonchev–Trinajstić information content (AvgIpc) is 3.52. The van der Waals surface area contributed by atoms with E-state index < -0.39 is 0 Å². The molecule has 1 saturated heterocycles. The number of likely N-dealkylation sites (tertiary alicyclic amines) is 1. The molecular formula is C27H38N6S. The maximum atomic E-state index is 4.82. The van der Waals surface area contributed by atoms with E-state index in [-0.39, 0.29) is 0 Å². The fourth-order valence-corrected chi connectivity index (χ4v) is 6.24. The number of fused-ring (bicyclic) bond motifs is 1. The summed E-state index contributed by atoms with van der Waals surface area (Å²) >= 11 is 1.88. The quantitative estimate of drug-likeness (QED) is 0.459. The molecule has 2 fully saturated rings. The van der Waals surface area contributed by atoms with Crippen molar-refractivity contribution in [1.29, 1.82) is 0 Å². The van der Waals surface area contributed by atoms with Gasteiger partial charge < -0.3 is 15.5 Å². The number of anilines is 2. The fraction of sp³-hybridized carbons (Fsp3) is 0.556. The first-order chi connectivity index (χ1) is 16.6. The lowest BCUT2D eigenvalue weighted by Crippen LogP contribution is -2.34. The molecule has 2 N–H and O–H groups in total. The second-order valence-electron chi connectivity index (χ2n) is 10.3.